The van der Waals surface area contributed by atoms with Gasteiger partial charge in [-0.15, -0.1) is 0 Å². The van der Waals surface area contributed by atoms with E-state index in [4.69, 9.17) is 5.73 Å². The Balaban J connectivity index is 1.85. The van der Waals surface area contributed by atoms with Gasteiger partial charge >= 0.3 is 0 Å². The molecule has 0 amide bonds. The number of pyridine rings is 2. The maximum atomic E-state index is 5.89. The molecule has 4 nitrogen and oxygen atoms in total. The molecule has 100 valence electrons. The van der Waals surface area contributed by atoms with Crippen LogP contribution in [0.2, 0.25) is 0 Å². The minimum Gasteiger partial charge on any atom is -0.398 e. The monoisotopic (exact) mass is 264 g/mol. The van der Waals surface area contributed by atoms with Gasteiger partial charge in [-0.3, -0.25) is 4.98 Å². The number of hydrogen-bond donors (Lipinski definition) is 2. The number of para-hydroxylation sites is 1. The second kappa shape index (κ2) is 5.17. The van der Waals surface area contributed by atoms with Crippen molar-refractivity contribution in [3.63, 3.8) is 0 Å². The van der Waals surface area contributed by atoms with Crippen LogP contribution in [0, 0.1) is 6.92 Å². The molecular formula is C16H16N4. The number of aromatic nitrogens is 2. The summed E-state index contributed by atoms with van der Waals surface area (Å²) in [5.74, 6) is 0.779. The van der Waals surface area contributed by atoms with E-state index >= 15 is 0 Å². The van der Waals surface area contributed by atoms with Gasteiger partial charge in [-0.05, 0) is 24.1 Å². The lowest BCUT2D eigenvalue weighted by Crippen LogP contribution is -2.03. The van der Waals surface area contributed by atoms with Crippen LogP contribution in [0.4, 0.5) is 11.5 Å². The topological polar surface area (TPSA) is 63.8 Å². The Morgan fingerprint density at radius 3 is 2.85 bits per heavy atom. The number of benzene rings is 1. The van der Waals surface area contributed by atoms with Gasteiger partial charge in [0.15, 0.2) is 0 Å². The van der Waals surface area contributed by atoms with Crippen LogP contribution in [0.5, 0.6) is 0 Å². The third-order valence-corrected chi connectivity index (χ3v) is 3.32. The number of hydrogen-bond acceptors (Lipinski definition) is 4. The molecule has 0 spiro atoms. The Labute approximate surface area is 117 Å². The standard InChI is InChI=1S/C16H16N4/c1-11-9-19-15(8-14(11)17)20-10-13-5-2-4-12-6-3-7-18-16(12)13/h2-9H,10H2,1H3,(H3,17,19,20). The Morgan fingerprint density at radius 2 is 2.00 bits per heavy atom. The summed E-state index contributed by atoms with van der Waals surface area (Å²) in [6.07, 6.45) is 3.59. The second-order valence-electron chi connectivity index (χ2n) is 4.77. The molecule has 0 atom stereocenters. The molecule has 0 unspecified atom stereocenters. The van der Waals surface area contributed by atoms with Crippen LogP contribution in [-0.2, 0) is 6.54 Å². The summed E-state index contributed by atoms with van der Waals surface area (Å²) in [7, 11) is 0. The van der Waals surface area contributed by atoms with Crippen LogP contribution in [0.3, 0.4) is 0 Å². The highest BCUT2D eigenvalue weighted by molar-refractivity contribution is 5.81. The molecule has 3 N–H and O–H groups in total. The number of nitrogens with two attached hydrogens (primary N) is 1. The Bertz CT molecular complexity index is 747. The molecule has 3 rings (SSSR count). The molecule has 0 aliphatic carbocycles. The van der Waals surface area contributed by atoms with Gasteiger partial charge in [0.2, 0.25) is 0 Å². The highest BCUT2D eigenvalue weighted by Gasteiger charge is 2.03. The minimum atomic E-state index is 0.670. The molecule has 0 aliphatic heterocycles. The van der Waals surface area contributed by atoms with Crippen molar-refractivity contribution < 1.29 is 0 Å². The third-order valence-electron chi connectivity index (χ3n) is 3.32. The van der Waals surface area contributed by atoms with E-state index in [1.54, 1.807) is 6.20 Å². The van der Waals surface area contributed by atoms with E-state index < -0.39 is 0 Å². The largest absolute Gasteiger partial charge is 0.398 e. The summed E-state index contributed by atoms with van der Waals surface area (Å²) in [5.41, 5.74) is 9.78. The van der Waals surface area contributed by atoms with Crippen molar-refractivity contribution in [2.45, 2.75) is 13.5 Å². The van der Waals surface area contributed by atoms with Crippen molar-refractivity contribution in [2.24, 2.45) is 0 Å². The fraction of sp³-hybridized carbons (Fsp3) is 0.125. The van der Waals surface area contributed by atoms with E-state index in [-0.39, 0.29) is 0 Å². The van der Waals surface area contributed by atoms with Crippen LogP contribution in [0.1, 0.15) is 11.1 Å². The van der Waals surface area contributed by atoms with Gasteiger partial charge in [0.25, 0.3) is 0 Å². The molecule has 0 saturated heterocycles. The van der Waals surface area contributed by atoms with E-state index in [1.165, 1.54) is 0 Å². The average molecular weight is 264 g/mol. The van der Waals surface area contributed by atoms with Gasteiger partial charge in [0.05, 0.1) is 5.52 Å². The SMILES string of the molecule is Cc1cnc(NCc2cccc3cccnc23)cc1N. The van der Waals surface area contributed by atoms with Crippen LogP contribution in [0.15, 0.2) is 48.8 Å². The van der Waals surface area contributed by atoms with Crippen LogP contribution in [0.25, 0.3) is 10.9 Å². The van der Waals surface area contributed by atoms with Crippen LogP contribution in [-0.4, -0.2) is 9.97 Å². The van der Waals surface area contributed by atoms with Gasteiger partial charge in [-0.2, -0.15) is 0 Å². The molecule has 2 aromatic heterocycles. The first kappa shape index (κ1) is 12.4. The summed E-state index contributed by atoms with van der Waals surface area (Å²) in [4.78, 5) is 8.76. The van der Waals surface area contributed by atoms with Crippen molar-refractivity contribution >= 4 is 22.4 Å². The van der Waals surface area contributed by atoms with Crippen molar-refractivity contribution in [3.8, 4) is 0 Å². The maximum Gasteiger partial charge on any atom is 0.128 e. The summed E-state index contributed by atoms with van der Waals surface area (Å²) < 4.78 is 0. The van der Waals surface area contributed by atoms with Crippen LogP contribution < -0.4 is 11.1 Å². The zero-order chi connectivity index (χ0) is 13.9. The first-order chi connectivity index (χ1) is 9.74. The molecule has 0 bridgehead atoms. The molecule has 0 radical (unpaired) electrons. The number of rotatable bonds is 3. The third kappa shape index (κ3) is 2.40. The highest BCUT2D eigenvalue weighted by Crippen LogP contribution is 2.18. The quantitative estimate of drug-likeness (QED) is 0.763. The van der Waals surface area contributed by atoms with Crippen molar-refractivity contribution in [3.05, 3.63) is 59.9 Å². The zero-order valence-corrected chi connectivity index (χ0v) is 11.3. The summed E-state index contributed by atoms with van der Waals surface area (Å²) in [6, 6.07) is 12.0. The summed E-state index contributed by atoms with van der Waals surface area (Å²) in [5, 5.41) is 4.43. The molecule has 0 saturated carbocycles. The summed E-state index contributed by atoms with van der Waals surface area (Å²) >= 11 is 0. The Hall–Kier alpha value is -2.62. The van der Waals surface area contributed by atoms with Crippen molar-refractivity contribution in [1.82, 2.24) is 9.97 Å². The molecule has 20 heavy (non-hydrogen) atoms. The van der Waals surface area contributed by atoms with Gasteiger partial charge in [0.1, 0.15) is 5.82 Å². The lowest BCUT2D eigenvalue weighted by molar-refractivity contribution is 1.11. The average Bonchev–Trinajstić information content (AvgIpc) is 2.48. The van der Waals surface area contributed by atoms with E-state index in [0.717, 1.165) is 33.5 Å². The molecule has 4 heteroatoms. The summed E-state index contributed by atoms with van der Waals surface area (Å²) in [6.45, 7) is 2.62. The lowest BCUT2D eigenvalue weighted by Gasteiger charge is -2.09. The normalized spacial score (nSPS) is 10.7. The van der Waals surface area contributed by atoms with Crippen molar-refractivity contribution in [2.75, 3.05) is 11.1 Å². The molecule has 3 aromatic rings. The van der Waals surface area contributed by atoms with Crippen molar-refractivity contribution in [1.29, 1.82) is 0 Å². The fourth-order valence-corrected chi connectivity index (χ4v) is 2.13. The number of aryl methyl sites for hydroxylation is 1. The fourth-order valence-electron chi connectivity index (χ4n) is 2.13. The van der Waals surface area contributed by atoms with E-state index in [9.17, 15) is 0 Å². The smallest absolute Gasteiger partial charge is 0.128 e. The number of anilines is 2. The highest BCUT2D eigenvalue weighted by atomic mass is 15.0. The van der Waals surface area contributed by atoms with Gasteiger partial charge in [0, 0.05) is 36.1 Å². The van der Waals surface area contributed by atoms with Gasteiger partial charge in [-0.25, -0.2) is 4.98 Å². The number of nitrogens with zero attached hydrogens (tertiary/aromatic N) is 2. The molecule has 2 heterocycles. The Kier molecular flexibility index (Phi) is 3.21. The van der Waals surface area contributed by atoms with E-state index in [1.807, 2.05) is 31.3 Å². The molecular weight excluding hydrogens is 248 g/mol. The van der Waals surface area contributed by atoms with Gasteiger partial charge in [-0.1, -0.05) is 24.3 Å². The van der Waals surface area contributed by atoms with Crippen LogP contribution >= 0.6 is 0 Å². The molecule has 0 fully saturated rings. The molecule has 1 aromatic carbocycles. The first-order valence-corrected chi connectivity index (χ1v) is 6.52. The first-order valence-electron chi connectivity index (χ1n) is 6.52. The lowest BCUT2D eigenvalue weighted by atomic mass is 10.1. The maximum absolute atomic E-state index is 5.89. The Morgan fingerprint density at radius 1 is 1.15 bits per heavy atom. The number of nitrogens with one attached hydrogen (secondary N) is 1. The predicted octanol–water partition coefficient (Wildman–Crippen LogP) is 3.13. The molecule has 0 aliphatic rings. The zero-order valence-electron chi connectivity index (χ0n) is 11.3. The predicted molar refractivity (Wildman–Crippen MR) is 82.5 cm³/mol. The number of fused-ring (bicyclic) bond motifs is 1. The minimum absolute atomic E-state index is 0.670. The van der Waals surface area contributed by atoms with Gasteiger partial charge < -0.3 is 11.1 Å². The van der Waals surface area contributed by atoms with E-state index in [0.29, 0.717) is 6.54 Å². The van der Waals surface area contributed by atoms with E-state index in [2.05, 4.69) is 33.5 Å². The second-order valence-corrected chi connectivity index (χ2v) is 4.77. The number of nitrogen functional groups attached to an aromatic ring is 1.